The van der Waals surface area contributed by atoms with Crippen molar-refractivity contribution in [3.05, 3.63) is 28.4 Å². The van der Waals surface area contributed by atoms with Crippen molar-refractivity contribution in [1.82, 2.24) is 10.3 Å². The number of methoxy groups -OCH3 is 1. The molecule has 0 bridgehead atoms. The third-order valence-corrected chi connectivity index (χ3v) is 3.27. The Morgan fingerprint density at radius 3 is 2.76 bits per heavy atom. The van der Waals surface area contributed by atoms with Gasteiger partial charge in [-0.15, -0.1) is 0 Å². The van der Waals surface area contributed by atoms with E-state index < -0.39 is 0 Å². The van der Waals surface area contributed by atoms with Gasteiger partial charge in [-0.05, 0) is 31.2 Å². The number of nitrogens with one attached hydrogen (secondary N) is 2. The van der Waals surface area contributed by atoms with Crippen molar-refractivity contribution < 1.29 is 4.74 Å². The van der Waals surface area contributed by atoms with Gasteiger partial charge in [0, 0.05) is 23.1 Å². The average molecular weight is 253 g/mol. The fraction of sp³-hybridized carbons (Fsp3) is 0.385. The first kappa shape index (κ1) is 12.3. The SMILES string of the molecule is CCc1c(CNC)[nH]c2cc(Cl)c(OC)cc12. The van der Waals surface area contributed by atoms with E-state index in [-0.39, 0.29) is 0 Å². The summed E-state index contributed by atoms with van der Waals surface area (Å²) >= 11 is 6.12. The van der Waals surface area contributed by atoms with Crippen molar-refractivity contribution in [2.24, 2.45) is 0 Å². The Labute approximate surface area is 106 Å². The molecule has 2 rings (SSSR count). The minimum Gasteiger partial charge on any atom is -0.495 e. The maximum absolute atomic E-state index is 6.12. The van der Waals surface area contributed by atoms with E-state index in [0.717, 1.165) is 24.2 Å². The first-order valence-electron chi connectivity index (χ1n) is 5.72. The average Bonchev–Trinajstić information content (AvgIpc) is 2.64. The van der Waals surface area contributed by atoms with Crippen LogP contribution in [0.2, 0.25) is 5.02 Å². The molecule has 0 unspecified atom stereocenters. The quantitative estimate of drug-likeness (QED) is 0.877. The highest BCUT2D eigenvalue weighted by Gasteiger charge is 2.12. The molecular formula is C13H17ClN2O. The Morgan fingerprint density at radius 1 is 1.41 bits per heavy atom. The van der Waals surface area contributed by atoms with Gasteiger partial charge in [0.25, 0.3) is 0 Å². The molecule has 1 aromatic heterocycles. The molecule has 2 N–H and O–H groups in total. The van der Waals surface area contributed by atoms with Crippen LogP contribution >= 0.6 is 11.6 Å². The number of hydrogen-bond acceptors (Lipinski definition) is 2. The second-order valence-electron chi connectivity index (χ2n) is 4.00. The van der Waals surface area contributed by atoms with Crippen LogP contribution in [-0.4, -0.2) is 19.1 Å². The minimum absolute atomic E-state index is 0.639. The van der Waals surface area contributed by atoms with Crippen molar-refractivity contribution in [3.63, 3.8) is 0 Å². The second-order valence-corrected chi connectivity index (χ2v) is 4.41. The molecule has 0 aliphatic heterocycles. The monoisotopic (exact) mass is 252 g/mol. The Bertz CT molecular complexity index is 534. The van der Waals surface area contributed by atoms with E-state index in [1.54, 1.807) is 7.11 Å². The number of ether oxygens (including phenoxy) is 1. The number of fused-ring (bicyclic) bond motifs is 1. The van der Waals surface area contributed by atoms with Crippen LogP contribution in [0.5, 0.6) is 5.75 Å². The number of aromatic amines is 1. The van der Waals surface area contributed by atoms with Gasteiger partial charge >= 0.3 is 0 Å². The van der Waals surface area contributed by atoms with Crippen LogP contribution < -0.4 is 10.1 Å². The molecule has 0 spiro atoms. The summed E-state index contributed by atoms with van der Waals surface area (Å²) in [6.07, 6.45) is 0.988. The second kappa shape index (κ2) is 4.98. The normalized spacial score (nSPS) is 11.1. The lowest BCUT2D eigenvalue weighted by molar-refractivity contribution is 0.415. The molecule has 4 heteroatoms. The van der Waals surface area contributed by atoms with Crippen LogP contribution in [0.15, 0.2) is 12.1 Å². The first-order valence-corrected chi connectivity index (χ1v) is 6.10. The lowest BCUT2D eigenvalue weighted by Gasteiger charge is -2.04. The molecule has 1 aromatic carbocycles. The fourth-order valence-corrected chi connectivity index (χ4v) is 2.44. The molecule has 0 saturated carbocycles. The number of hydrogen-bond donors (Lipinski definition) is 2. The summed E-state index contributed by atoms with van der Waals surface area (Å²) in [4.78, 5) is 3.41. The molecule has 17 heavy (non-hydrogen) atoms. The predicted octanol–water partition coefficient (Wildman–Crippen LogP) is 3.11. The van der Waals surface area contributed by atoms with E-state index in [1.165, 1.54) is 16.6 Å². The van der Waals surface area contributed by atoms with Crippen LogP contribution in [0.1, 0.15) is 18.2 Å². The van der Waals surface area contributed by atoms with Crippen LogP contribution in [0.4, 0.5) is 0 Å². The topological polar surface area (TPSA) is 37.0 Å². The molecule has 0 fully saturated rings. The molecule has 92 valence electrons. The van der Waals surface area contributed by atoms with Crippen LogP contribution in [0.25, 0.3) is 10.9 Å². The van der Waals surface area contributed by atoms with Crippen molar-refractivity contribution in [2.75, 3.05) is 14.2 Å². The number of halogens is 1. The summed E-state index contributed by atoms with van der Waals surface area (Å²) < 4.78 is 5.26. The predicted molar refractivity (Wildman–Crippen MR) is 72.0 cm³/mol. The van der Waals surface area contributed by atoms with Gasteiger partial charge in [-0.3, -0.25) is 0 Å². The first-order chi connectivity index (χ1) is 8.21. The lowest BCUT2D eigenvalue weighted by atomic mass is 10.1. The van der Waals surface area contributed by atoms with E-state index in [4.69, 9.17) is 16.3 Å². The lowest BCUT2D eigenvalue weighted by Crippen LogP contribution is -2.07. The molecular weight excluding hydrogens is 236 g/mol. The highest BCUT2D eigenvalue weighted by Crippen LogP contribution is 2.33. The highest BCUT2D eigenvalue weighted by molar-refractivity contribution is 6.32. The largest absolute Gasteiger partial charge is 0.495 e. The standard InChI is InChI=1S/C13H17ClN2O/c1-4-8-9-5-13(17-3)10(14)6-11(9)16-12(8)7-15-2/h5-6,15-16H,4,7H2,1-3H3. The van der Waals surface area contributed by atoms with Crippen LogP contribution in [0, 0.1) is 0 Å². The Balaban J connectivity index is 2.65. The molecule has 0 aliphatic carbocycles. The third kappa shape index (κ3) is 2.13. The van der Waals surface area contributed by atoms with Gasteiger partial charge in [-0.25, -0.2) is 0 Å². The Morgan fingerprint density at radius 2 is 2.18 bits per heavy atom. The van der Waals surface area contributed by atoms with Gasteiger partial charge in [0.15, 0.2) is 0 Å². The van der Waals surface area contributed by atoms with Gasteiger partial charge in [-0.1, -0.05) is 18.5 Å². The summed E-state index contributed by atoms with van der Waals surface area (Å²) in [5, 5.41) is 5.00. The summed E-state index contributed by atoms with van der Waals surface area (Å²) in [7, 11) is 3.58. The number of aromatic nitrogens is 1. The van der Waals surface area contributed by atoms with Gasteiger partial charge in [0.2, 0.25) is 0 Å². The maximum Gasteiger partial charge on any atom is 0.138 e. The zero-order valence-electron chi connectivity index (χ0n) is 10.4. The van der Waals surface area contributed by atoms with Gasteiger partial charge < -0.3 is 15.0 Å². The maximum atomic E-state index is 6.12. The number of H-pyrrole nitrogens is 1. The van der Waals surface area contributed by atoms with E-state index in [0.29, 0.717) is 5.02 Å². The highest BCUT2D eigenvalue weighted by atomic mass is 35.5. The van der Waals surface area contributed by atoms with E-state index in [9.17, 15) is 0 Å². The molecule has 0 radical (unpaired) electrons. The fourth-order valence-electron chi connectivity index (χ4n) is 2.19. The summed E-state index contributed by atoms with van der Waals surface area (Å²) in [6, 6.07) is 3.93. The summed E-state index contributed by atoms with van der Waals surface area (Å²) in [5.41, 5.74) is 3.61. The van der Waals surface area contributed by atoms with E-state index >= 15 is 0 Å². The van der Waals surface area contributed by atoms with E-state index in [1.807, 2.05) is 19.2 Å². The van der Waals surface area contributed by atoms with Crippen LogP contribution in [-0.2, 0) is 13.0 Å². The number of benzene rings is 1. The number of rotatable bonds is 4. The summed E-state index contributed by atoms with van der Waals surface area (Å²) in [5.74, 6) is 0.726. The smallest absolute Gasteiger partial charge is 0.138 e. The molecule has 0 aliphatic rings. The van der Waals surface area contributed by atoms with Crippen molar-refractivity contribution in [3.8, 4) is 5.75 Å². The Hall–Kier alpha value is -1.19. The van der Waals surface area contributed by atoms with Gasteiger partial charge in [-0.2, -0.15) is 0 Å². The van der Waals surface area contributed by atoms with Gasteiger partial charge in [0.1, 0.15) is 5.75 Å². The Kier molecular flexibility index (Phi) is 3.60. The minimum atomic E-state index is 0.639. The van der Waals surface area contributed by atoms with Crippen molar-refractivity contribution >= 4 is 22.5 Å². The number of aryl methyl sites for hydroxylation is 1. The molecule has 0 amide bonds. The third-order valence-electron chi connectivity index (χ3n) is 2.97. The van der Waals surface area contributed by atoms with Gasteiger partial charge in [0.05, 0.1) is 12.1 Å². The van der Waals surface area contributed by atoms with Crippen LogP contribution in [0.3, 0.4) is 0 Å². The van der Waals surface area contributed by atoms with Crippen molar-refractivity contribution in [2.45, 2.75) is 19.9 Å². The molecule has 3 nitrogen and oxygen atoms in total. The zero-order chi connectivity index (χ0) is 12.4. The van der Waals surface area contributed by atoms with E-state index in [2.05, 4.69) is 17.2 Å². The molecule has 0 atom stereocenters. The molecule has 0 saturated heterocycles. The van der Waals surface area contributed by atoms with Crippen molar-refractivity contribution in [1.29, 1.82) is 0 Å². The molecule has 1 heterocycles. The summed E-state index contributed by atoms with van der Waals surface area (Å²) in [6.45, 7) is 2.99. The molecule has 2 aromatic rings. The zero-order valence-corrected chi connectivity index (χ0v) is 11.1.